The molecule has 1 N–H and O–H groups in total. The number of ether oxygens (including phenoxy) is 2. The molecule has 0 fully saturated rings. The lowest BCUT2D eigenvalue weighted by molar-refractivity contribution is -0.122. The minimum atomic E-state index is -3.70. The number of halogens is 1. The van der Waals surface area contributed by atoms with Crippen LogP contribution >= 0.6 is 0 Å². The van der Waals surface area contributed by atoms with Crippen LogP contribution in [0.3, 0.4) is 0 Å². The summed E-state index contributed by atoms with van der Waals surface area (Å²) in [5.41, 5.74) is 0.348. The quantitative estimate of drug-likeness (QED) is 0.642. The molecule has 7 nitrogen and oxygen atoms in total. The van der Waals surface area contributed by atoms with Gasteiger partial charge < -0.3 is 14.8 Å². The van der Waals surface area contributed by atoms with Gasteiger partial charge in [0.25, 0.3) is 0 Å². The molecular weight excluding hydrogens is 435 g/mol. The molecule has 0 spiro atoms. The van der Waals surface area contributed by atoms with Crippen molar-refractivity contribution in [1.82, 2.24) is 5.32 Å². The molecule has 32 heavy (non-hydrogen) atoms. The number of para-hydroxylation sites is 1. The van der Waals surface area contributed by atoms with E-state index in [9.17, 15) is 17.6 Å². The average molecular weight is 465 g/mol. The molecule has 1 aliphatic heterocycles. The standard InChI is InChI=1S/C23H29FN2O5S/c1-23(2)15-19(17-14-16(30-3)11-12-21(17)31-23)25-22(27)10-7-13-26(32(4,28)29)20-9-6-5-8-18(20)24/h5-6,8-9,11-12,14,19H,7,10,13,15H2,1-4H3,(H,25,27). The second-order valence-corrected chi connectivity index (χ2v) is 10.4. The Bertz CT molecular complexity index is 1090. The number of hydrogen-bond donors (Lipinski definition) is 1. The molecule has 0 bridgehead atoms. The zero-order valence-electron chi connectivity index (χ0n) is 18.7. The predicted molar refractivity (Wildman–Crippen MR) is 121 cm³/mol. The van der Waals surface area contributed by atoms with Crippen molar-refractivity contribution < 1.29 is 27.1 Å². The minimum Gasteiger partial charge on any atom is -0.497 e. The fraction of sp³-hybridized carbons (Fsp3) is 0.435. The summed E-state index contributed by atoms with van der Waals surface area (Å²) in [5.74, 6) is 0.510. The average Bonchev–Trinajstić information content (AvgIpc) is 2.70. The van der Waals surface area contributed by atoms with Crippen molar-refractivity contribution >= 4 is 21.6 Å². The SMILES string of the molecule is COc1ccc2c(c1)C(NC(=O)CCCN(c1ccccc1F)S(C)(=O)=O)CC(C)(C)O2. The molecule has 2 aromatic rings. The molecule has 0 aromatic heterocycles. The summed E-state index contributed by atoms with van der Waals surface area (Å²) >= 11 is 0. The first-order valence-corrected chi connectivity index (χ1v) is 12.2. The Kier molecular flexibility index (Phi) is 6.97. The van der Waals surface area contributed by atoms with E-state index in [1.165, 1.54) is 18.2 Å². The van der Waals surface area contributed by atoms with Gasteiger partial charge in [-0.25, -0.2) is 12.8 Å². The number of benzene rings is 2. The number of methoxy groups -OCH3 is 1. The van der Waals surface area contributed by atoms with E-state index in [0.29, 0.717) is 17.9 Å². The maximum absolute atomic E-state index is 14.1. The number of carbonyl (C=O) groups is 1. The molecule has 174 valence electrons. The van der Waals surface area contributed by atoms with E-state index in [2.05, 4.69) is 5.32 Å². The van der Waals surface area contributed by atoms with Gasteiger partial charge >= 0.3 is 0 Å². The molecule has 0 saturated heterocycles. The van der Waals surface area contributed by atoms with Gasteiger partial charge in [-0.1, -0.05) is 12.1 Å². The Morgan fingerprint density at radius 1 is 1.28 bits per heavy atom. The molecule has 1 heterocycles. The molecular formula is C23H29FN2O5S. The van der Waals surface area contributed by atoms with Crippen LogP contribution in [0.2, 0.25) is 0 Å². The topological polar surface area (TPSA) is 84.9 Å². The first kappa shape index (κ1) is 23.8. The van der Waals surface area contributed by atoms with Crippen molar-refractivity contribution in [1.29, 1.82) is 0 Å². The van der Waals surface area contributed by atoms with Crippen molar-refractivity contribution in [2.45, 2.75) is 44.8 Å². The molecule has 2 aromatic carbocycles. The predicted octanol–water partition coefficient (Wildman–Crippen LogP) is 3.80. The molecule has 1 unspecified atom stereocenters. The summed E-state index contributed by atoms with van der Waals surface area (Å²) in [6, 6.07) is 10.9. The summed E-state index contributed by atoms with van der Waals surface area (Å²) in [6.45, 7) is 3.91. The second kappa shape index (κ2) is 9.36. The molecule has 0 radical (unpaired) electrons. The minimum absolute atomic E-state index is 0.00311. The van der Waals surface area contributed by atoms with Crippen LogP contribution in [0.15, 0.2) is 42.5 Å². The van der Waals surface area contributed by atoms with Crippen LogP contribution in [-0.2, 0) is 14.8 Å². The molecule has 0 aliphatic carbocycles. The van der Waals surface area contributed by atoms with Gasteiger partial charge in [0.15, 0.2) is 0 Å². The van der Waals surface area contributed by atoms with Crippen molar-refractivity contribution in [3.05, 3.63) is 53.8 Å². The van der Waals surface area contributed by atoms with E-state index in [1.807, 2.05) is 32.0 Å². The van der Waals surface area contributed by atoms with Gasteiger partial charge in [-0.2, -0.15) is 0 Å². The molecule has 9 heteroatoms. The smallest absolute Gasteiger partial charge is 0.232 e. The fourth-order valence-electron chi connectivity index (χ4n) is 3.86. The highest BCUT2D eigenvalue weighted by atomic mass is 32.2. The number of anilines is 1. The Morgan fingerprint density at radius 2 is 2.00 bits per heavy atom. The number of carbonyl (C=O) groups excluding carboxylic acids is 1. The van der Waals surface area contributed by atoms with Crippen LogP contribution in [0.25, 0.3) is 0 Å². The number of amides is 1. The van der Waals surface area contributed by atoms with E-state index in [0.717, 1.165) is 16.1 Å². The summed E-state index contributed by atoms with van der Waals surface area (Å²) in [5, 5.41) is 3.03. The lowest BCUT2D eigenvalue weighted by Crippen LogP contribution is -2.41. The highest BCUT2D eigenvalue weighted by Gasteiger charge is 2.34. The number of nitrogens with zero attached hydrogens (tertiary/aromatic N) is 1. The van der Waals surface area contributed by atoms with Crippen LogP contribution in [0, 0.1) is 5.82 Å². The van der Waals surface area contributed by atoms with Crippen LogP contribution < -0.4 is 19.1 Å². The van der Waals surface area contributed by atoms with Crippen molar-refractivity contribution in [2.24, 2.45) is 0 Å². The molecule has 1 atom stereocenters. The van der Waals surface area contributed by atoms with Crippen LogP contribution in [0.5, 0.6) is 11.5 Å². The van der Waals surface area contributed by atoms with Crippen LogP contribution in [0.1, 0.15) is 44.7 Å². The van der Waals surface area contributed by atoms with Gasteiger partial charge in [0.05, 0.1) is 25.1 Å². The summed E-state index contributed by atoms with van der Waals surface area (Å²) < 4.78 is 50.8. The Balaban J connectivity index is 1.67. The number of sulfonamides is 1. The van der Waals surface area contributed by atoms with E-state index in [-0.39, 0.29) is 37.0 Å². The zero-order chi connectivity index (χ0) is 23.5. The number of rotatable bonds is 8. The number of hydrogen-bond acceptors (Lipinski definition) is 5. The largest absolute Gasteiger partial charge is 0.497 e. The fourth-order valence-corrected chi connectivity index (χ4v) is 4.82. The van der Waals surface area contributed by atoms with Crippen molar-refractivity contribution in [3.8, 4) is 11.5 Å². The summed E-state index contributed by atoms with van der Waals surface area (Å²) in [4.78, 5) is 12.7. The van der Waals surface area contributed by atoms with Gasteiger partial charge in [0.1, 0.15) is 22.9 Å². The van der Waals surface area contributed by atoms with Crippen molar-refractivity contribution in [2.75, 3.05) is 24.2 Å². The van der Waals surface area contributed by atoms with E-state index >= 15 is 0 Å². The van der Waals surface area contributed by atoms with E-state index < -0.39 is 21.4 Å². The second-order valence-electron chi connectivity index (χ2n) is 8.48. The van der Waals surface area contributed by atoms with Crippen LogP contribution in [0.4, 0.5) is 10.1 Å². The highest BCUT2D eigenvalue weighted by Crippen LogP contribution is 2.41. The highest BCUT2D eigenvalue weighted by molar-refractivity contribution is 7.92. The first-order valence-electron chi connectivity index (χ1n) is 10.4. The lowest BCUT2D eigenvalue weighted by Gasteiger charge is -2.38. The van der Waals surface area contributed by atoms with Gasteiger partial charge in [0.2, 0.25) is 15.9 Å². The monoisotopic (exact) mass is 464 g/mol. The summed E-state index contributed by atoms with van der Waals surface area (Å²) in [6.07, 6.45) is 1.93. The Hall–Kier alpha value is -2.81. The zero-order valence-corrected chi connectivity index (χ0v) is 19.5. The van der Waals surface area contributed by atoms with Gasteiger partial charge in [0, 0.05) is 24.9 Å². The molecule has 1 amide bonds. The van der Waals surface area contributed by atoms with Crippen molar-refractivity contribution in [3.63, 3.8) is 0 Å². The lowest BCUT2D eigenvalue weighted by atomic mass is 9.89. The Morgan fingerprint density at radius 3 is 2.66 bits per heavy atom. The van der Waals surface area contributed by atoms with E-state index in [4.69, 9.17) is 9.47 Å². The van der Waals surface area contributed by atoms with Gasteiger partial charge in [-0.05, 0) is 50.6 Å². The molecule has 0 saturated carbocycles. The maximum Gasteiger partial charge on any atom is 0.232 e. The summed E-state index contributed by atoms with van der Waals surface area (Å²) in [7, 11) is -2.12. The van der Waals surface area contributed by atoms with Crippen LogP contribution in [-0.4, -0.2) is 39.8 Å². The van der Waals surface area contributed by atoms with Gasteiger partial charge in [-0.3, -0.25) is 9.10 Å². The third-order valence-corrected chi connectivity index (χ3v) is 6.48. The third kappa shape index (κ3) is 5.70. The number of fused-ring (bicyclic) bond motifs is 1. The van der Waals surface area contributed by atoms with E-state index in [1.54, 1.807) is 13.2 Å². The normalized spacial score (nSPS) is 17.1. The van der Waals surface area contributed by atoms with Gasteiger partial charge in [-0.15, -0.1) is 0 Å². The number of nitrogens with one attached hydrogen (secondary N) is 1. The molecule has 3 rings (SSSR count). The molecule has 1 aliphatic rings. The Labute approximate surface area is 188 Å². The third-order valence-electron chi connectivity index (χ3n) is 5.30. The maximum atomic E-state index is 14.1. The first-order chi connectivity index (χ1) is 15.0.